The second kappa shape index (κ2) is 8.92. The Labute approximate surface area is 98.1 Å². The van der Waals surface area contributed by atoms with E-state index < -0.39 is 0 Å². The first kappa shape index (κ1) is 14.6. The van der Waals surface area contributed by atoms with Gasteiger partial charge in [-0.3, -0.25) is 4.79 Å². The lowest BCUT2D eigenvalue weighted by Crippen LogP contribution is -2.36. The molecule has 0 saturated heterocycles. The number of nitrogens with one attached hydrogen (secondary N) is 1. The van der Waals surface area contributed by atoms with Crippen molar-refractivity contribution < 1.29 is 4.79 Å². The summed E-state index contributed by atoms with van der Waals surface area (Å²) in [4.78, 5) is 11.7. The van der Waals surface area contributed by atoms with Crippen LogP contribution >= 0.6 is 0 Å². The molecule has 1 atom stereocenters. The number of Topliss-reactive ketones (excluding diaryl/α,β-unsaturated/α-hetero) is 1. The minimum absolute atomic E-state index is 0.140. The highest BCUT2D eigenvalue weighted by atomic mass is 16.1. The largest absolute Gasteiger partial charge is 0.404 e. The Morgan fingerprint density at radius 1 is 1.50 bits per heavy atom. The Kier molecular flexibility index (Phi) is 8.17. The van der Waals surface area contributed by atoms with Crippen molar-refractivity contribution in [2.45, 2.75) is 32.7 Å². The van der Waals surface area contributed by atoms with Crippen LogP contribution in [0.15, 0.2) is 36.6 Å². The van der Waals surface area contributed by atoms with Gasteiger partial charge in [0.15, 0.2) is 0 Å². The molecule has 0 amide bonds. The number of nitrogens with two attached hydrogens (primary N) is 1. The smallest absolute Gasteiger partial charge is 0.149 e. The average molecular weight is 222 g/mol. The van der Waals surface area contributed by atoms with E-state index in [9.17, 15) is 4.79 Å². The molecule has 0 aromatic rings. The molecule has 0 spiro atoms. The van der Waals surface area contributed by atoms with Crippen LogP contribution in [0, 0.1) is 0 Å². The summed E-state index contributed by atoms with van der Waals surface area (Å²) < 4.78 is 0. The lowest BCUT2D eigenvalue weighted by molar-refractivity contribution is -0.120. The van der Waals surface area contributed by atoms with Gasteiger partial charge >= 0.3 is 0 Å². The fourth-order valence-corrected chi connectivity index (χ4v) is 1.41. The van der Waals surface area contributed by atoms with Crippen LogP contribution in [0.2, 0.25) is 0 Å². The molecule has 3 heteroatoms. The molecule has 0 radical (unpaired) electrons. The number of allylic oxidation sites excluding steroid dienone is 3. The minimum atomic E-state index is -0.140. The number of rotatable bonds is 8. The predicted molar refractivity (Wildman–Crippen MR) is 69.0 cm³/mol. The highest BCUT2D eigenvalue weighted by molar-refractivity contribution is 5.84. The molecule has 1 unspecified atom stereocenters. The van der Waals surface area contributed by atoms with Crippen molar-refractivity contribution in [3.05, 3.63) is 36.6 Å². The number of likely N-dealkylation sites (N-methyl/N-ethyl adjacent to an activating group) is 1. The van der Waals surface area contributed by atoms with E-state index in [1.165, 1.54) is 6.20 Å². The summed E-state index contributed by atoms with van der Waals surface area (Å²) in [7, 11) is 0. The van der Waals surface area contributed by atoms with Gasteiger partial charge in [0, 0.05) is 6.42 Å². The van der Waals surface area contributed by atoms with Crippen molar-refractivity contribution in [3.63, 3.8) is 0 Å². The third-order valence-corrected chi connectivity index (χ3v) is 2.29. The van der Waals surface area contributed by atoms with Gasteiger partial charge < -0.3 is 11.1 Å². The van der Waals surface area contributed by atoms with Gasteiger partial charge in [0.05, 0.1) is 6.04 Å². The number of hydrogen-bond acceptors (Lipinski definition) is 3. The summed E-state index contributed by atoms with van der Waals surface area (Å²) in [5.41, 5.74) is 6.45. The van der Waals surface area contributed by atoms with Crippen LogP contribution in [0.25, 0.3) is 0 Å². The first-order valence-electron chi connectivity index (χ1n) is 5.65. The molecule has 16 heavy (non-hydrogen) atoms. The van der Waals surface area contributed by atoms with Crippen LogP contribution in [0.1, 0.15) is 26.7 Å². The maximum absolute atomic E-state index is 11.7. The summed E-state index contributed by atoms with van der Waals surface area (Å²) in [6.45, 7) is 8.23. The van der Waals surface area contributed by atoms with E-state index in [0.717, 1.165) is 12.1 Å². The minimum Gasteiger partial charge on any atom is -0.404 e. The zero-order valence-electron chi connectivity index (χ0n) is 10.2. The van der Waals surface area contributed by atoms with E-state index in [0.29, 0.717) is 12.8 Å². The van der Waals surface area contributed by atoms with Crippen molar-refractivity contribution in [3.8, 4) is 0 Å². The summed E-state index contributed by atoms with van der Waals surface area (Å²) in [6.07, 6.45) is 8.08. The molecule has 0 saturated carbocycles. The van der Waals surface area contributed by atoms with Crippen molar-refractivity contribution in [1.29, 1.82) is 0 Å². The van der Waals surface area contributed by atoms with Gasteiger partial charge in [0.1, 0.15) is 5.78 Å². The molecule has 0 aliphatic rings. The number of hydrogen-bond donors (Lipinski definition) is 2. The van der Waals surface area contributed by atoms with Crippen LogP contribution in [0.5, 0.6) is 0 Å². The standard InChI is InChI=1S/C13H22N2O/c1-4-7-8-11(10-14)9-12(15-6-3)13(16)5-2/h4,7-8,10,12,15H,1,5-6,9,14H2,2-3H3/b8-7-,11-10+. The third-order valence-electron chi connectivity index (χ3n) is 2.29. The lowest BCUT2D eigenvalue weighted by Gasteiger charge is -2.16. The second-order valence-corrected chi connectivity index (χ2v) is 3.47. The van der Waals surface area contributed by atoms with Crippen molar-refractivity contribution in [2.24, 2.45) is 5.73 Å². The predicted octanol–water partition coefficient (Wildman–Crippen LogP) is 1.92. The Morgan fingerprint density at radius 2 is 2.19 bits per heavy atom. The SMILES string of the molecule is C=C/C=C\C(=C/N)CC(NCC)C(=O)CC. The first-order chi connectivity index (χ1) is 7.69. The highest BCUT2D eigenvalue weighted by Crippen LogP contribution is 2.08. The fourth-order valence-electron chi connectivity index (χ4n) is 1.41. The van der Waals surface area contributed by atoms with Gasteiger partial charge in [-0.15, -0.1) is 0 Å². The fraction of sp³-hybridized carbons (Fsp3) is 0.462. The molecule has 0 aromatic carbocycles. The quantitative estimate of drug-likeness (QED) is 0.617. The Balaban J connectivity index is 4.52. The van der Waals surface area contributed by atoms with E-state index in [1.54, 1.807) is 6.08 Å². The van der Waals surface area contributed by atoms with Crippen LogP contribution in [0.4, 0.5) is 0 Å². The van der Waals surface area contributed by atoms with Gasteiger partial charge in [-0.05, 0) is 24.7 Å². The van der Waals surface area contributed by atoms with Gasteiger partial charge in [-0.25, -0.2) is 0 Å². The normalized spacial score (nSPS) is 14.0. The molecule has 90 valence electrons. The molecule has 0 fully saturated rings. The van der Waals surface area contributed by atoms with Crippen LogP contribution < -0.4 is 11.1 Å². The lowest BCUT2D eigenvalue weighted by atomic mass is 10.0. The Morgan fingerprint density at radius 3 is 2.62 bits per heavy atom. The monoisotopic (exact) mass is 222 g/mol. The summed E-state index contributed by atoms with van der Waals surface area (Å²) in [5.74, 6) is 0.216. The van der Waals surface area contributed by atoms with Crippen molar-refractivity contribution in [1.82, 2.24) is 5.32 Å². The van der Waals surface area contributed by atoms with Crippen LogP contribution in [0.3, 0.4) is 0 Å². The summed E-state index contributed by atoms with van der Waals surface area (Å²) in [5, 5.41) is 3.17. The summed E-state index contributed by atoms with van der Waals surface area (Å²) >= 11 is 0. The zero-order chi connectivity index (χ0) is 12.4. The van der Waals surface area contributed by atoms with Crippen LogP contribution in [-0.4, -0.2) is 18.4 Å². The Bertz CT molecular complexity index is 280. The van der Waals surface area contributed by atoms with Gasteiger partial charge in [0.25, 0.3) is 0 Å². The number of carbonyl (C=O) groups excluding carboxylic acids is 1. The van der Waals surface area contributed by atoms with Gasteiger partial charge in [-0.2, -0.15) is 0 Å². The highest BCUT2D eigenvalue weighted by Gasteiger charge is 2.15. The molecular weight excluding hydrogens is 200 g/mol. The maximum atomic E-state index is 11.7. The van der Waals surface area contributed by atoms with Crippen molar-refractivity contribution in [2.75, 3.05) is 6.54 Å². The average Bonchev–Trinajstić information content (AvgIpc) is 2.32. The molecule has 0 aromatic heterocycles. The molecular formula is C13H22N2O. The molecule has 0 aliphatic carbocycles. The zero-order valence-corrected chi connectivity index (χ0v) is 10.2. The topological polar surface area (TPSA) is 55.1 Å². The molecule has 0 bridgehead atoms. The van der Waals surface area contributed by atoms with Gasteiger partial charge in [-0.1, -0.05) is 38.7 Å². The summed E-state index contributed by atoms with van der Waals surface area (Å²) in [6, 6.07) is -0.140. The first-order valence-corrected chi connectivity index (χ1v) is 5.65. The van der Waals surface area contributed by atoms with E-state index in [-0.39, 0.29) is 11.8 Å². The van der Waals surface area contributed by atoms with Gasteiger partial charge in [0.2, 0.25) is 0 Å². The molecule has 0 rings (SSSR count). The maximum Gasteiger partial charge on any atom is 0.149 e. The van der Waals surface area contributed by atoms with E-state index >= 15 is 0 Å². The molecule has 3 nitrogen and oxygen atoms in total. The molecule has 0 aliphatic heterocycles. The molecule has 3 N–H and O–H groups in total. The van der Waals surface area contributed by atoms with Crippen molar-refractivity contribution >= 4 is 5.78 Å². The van der Waals surface area contributed by atoms with E-state index in [1.807, 2.05) is 26.0 Å². The number of carbonyl (C=O) groups is 1. The third kappa shape index (κ3) is 5.51. The number of ketones is 1. The second-order valence-electron chi connectivity index (χ2n) is 3.47. The van der Waals surface area contributed by atoms with Crippen LogP contribution in [-0.2, 0) is 4.79 Å². The van der Waals surface area contributed by atoms with E-state index in [4.69, 9.17) is 5.73 Å². The van der Waals surface area contributed by atoms with E-state index in [2.05, 4.69) is 11.9 Å². The Hall–Kier alpha value is -1.35. The molecule has 0 heterocycles.